The van der Waals surface area contributed by atoms with Crippen LogP contribution < -0.4 is 5.19 Å². The molecule has 1 heteroatoms. The van der Waals surface area contributed by atoms with Crippen molar-refractivity contribution in [1.82, 2.24) is 0 Å². The second kappa shape index (κ2) is 11.2. The number of hydrogen-bond donors (Lipinski definition) is 0. The first-order valence-electron chi connectivity index (χ1n) is 13.5. The van der Waals surface area contributed by atoms with Gasteiger partial charge in [0.1, 0.15) is 0 Å². The van der Waals surface area contributed by atoms with Crippen molar-refractivity contribution in [3.8, 4) is 0 Å². The second-order valence-electron chi connectivity index (χ2n) is 11.0. The van der Waals surface area contributed by atoms with Crippen molar-refractivity contribution in [2.75, 3.05) is 0 Å². The molecule has 3 aliphatic rings. The fraction of sp³-hybridized carbons (Fsp3) is 0.724. The van der Waals surface area contributed by atoms with Gasteiger partial charge in [0, 0.05) is 0 Å². The second-order valence-corrected chi connectivity index (χ2v) is 13.3. The van der Waals surface area contributed by atoms with Crippen molar-refractivity contribution in [3.63, 3.8) is 0 Å². The zero-order valence-corrected chi connectivity index (χ0v) is 21.2. The number of allylic oxidation sites excluding steroid dienone is 2. The predicted octanol–water partition coefficient (Wildman–Crippen LogP) is 7.38. The van der Waals surface area contributed by atoms with Crippen LogP contribution in [0.25, 0.3) is 0 Å². The summed E-state index contributed by atoms with van der Waals surface area (Å²) in [7, 11) is 0.0122. The largest absolute Gasteiger partial charge is 0.0914 e. The normalized spacial score (nSPS) is 35.9. The summed E-state index contributed by atoms with van der Waals surface area (Å²) >= 11 is 0. The Balaban J connectivity index is 1.19. The summed E-state index contributed by atoms with van der Waals surface area (Å²) in [5.41, 5.74) is 1.64. The van der Waals surface area contributed by atoms with E-state index in [0.29, 0.717) is 0 Å². The molecule has 0 unspecified atom stereocenters. The third-order valence-corrected chi connectivity index (χ3v) is 10.7. The Morgan fingerprint density at radius 2 is 1.17 bits per heavy atom. The van der Waals surface area contributed by atoms with E-state index in [-0.39, 0.29) is 9.52 Å². The molecule has 3 aliphatic carbocycles. The first-order chi connectivity index (χ1) is 14.8. The maximum absolute atomic E-state index is 2.47. The molecule has 0 atom stereocenters. The summed E-state index contributed by atoms with van der Waals surface area (Å²) in [5, 5.41) is 1.65. The molecule has 0 aliphatic heterocycles. The van der Waals surface area contributed by atoms with Gasteiger partial charge in [-0.1, -0.05) is 54.6 Å². The van der Waals surface area contributed by atoms with Crippen molar-refractivity contribution >= 4 is 14.7 Å². The number of benzene rings is 1. The van der Waals surface area contributed by atoms with E-state index in [1.165, 1.54) is 57.4 Å². The molecule has 0 nitrogen and oxygen atoms in total. The van der Waals surface area contributed by atoms with Crippen LogP contribution in [0.5, 0.6) is 0 Å². The lowest BCUT2D eigenvalue weighted by Crippen LogP contribution is -2.29. The minimum Gasteiger partial charge on any atom is -0.0914 e. The first kappa shape index (κ1) is 22.4. The minimum absolute atomic E-state index is 0.0122. The van der Waals surface area contributed by atoms with Gasteiger partial charge in [-0.2, -0.15) is 0 Å². The van der Waals surface area contributed by atoms with Gasteiger partial charge >= 0.3 is 0 Å². The SMILES string of the molecule is C/C=C/C1CCC(C2CCC(C3CCC(c4ccc([SiH2]CC)cc4)CC3)CC2)CC1. The van der Waals surface area contributed by atoms with Gasteiger partial charge in [0.2, 0.25) is 0 Å². The quantitative estimate of drug-likeness (QED) is 0.331. The molecule has 0 aromatic heterocycles. The van der Waals surface area contributed by atoms with Gasteiger partial charge in [-0.15, -0.1) is 0 Å². The van der Waals surface area contributed by atoms with Crippen molar-refractivity contribution in [2.45, 2.75) is 103 Å². The highest BCUT2D eigenvalue weighted by Crippen LogP contribution is 2.47. The maximum Gasteiger partial charge on any atom is 0.0544 e. The molecule has 4 rings (SSSR count). The van der Waals surface area contributed by atoms with Gasteiger partial charge < -0.3 is 0 Å². The van der Waals surface area contributed by atoms with Gasteiger partial charge in [0.15, 0.2) is 0 Å². The molecule has 0 spiro atoms. The van der Waals surface area contributed by atoms with E-state index < -0.39 is 0 Å². The molecule has 0 saturated heterocycles. The molecule has 0 amide bonds. The Kier molecular flexibility index (Phi) is 8.33. The number of rotatable bonds is 6. The van der Waals surface area contributed by atoms with Crippen LogP contribution in [0.1, 0.15) is 102 Å². The van der Waals surface area contributed by atoms with Crippen LogP contribution in [0, 0.1) is 29.6 Å². The van der Waals surface area contributed by atoms with E-state index >= 15 is 0 Å². The van der Waals surface area contributed by atoms with Crippen LogP contribution in [-0.4, -0.2) is 9.52 Å². The van der Waals surface area contributed by atoms with E-state index in [9.17, 15) is 0 Å². The lowest BCUT2D eigenvalue weighted by Gasteiger charge is -2.41. The molecule has 166 valence electrons. The monoisotopic (exact) mass is 422 g/mol. The Labute approximate surface area is 189 Å². The summed E-state index contributed by atoms with van der Waals surface area (Å²) in [4.78, 5) is 0. The van der Waals surface area contributed by atoms with Crippen molar-refractivity contribution in [3.05, 3.63) is 42.0 Å². The predicted molar refractivity (Wildman–Crippen MR) is 136 cm³/mol. The lowest BCUT2D eigenvalue weighted by atomic mass is 9.64. The molecule has 1 aromatic carbocycles. The van der Waals surface area contributed by atoms with Crippen LogP contribution in [0.15, 0.2) is 36.4 Å². The van der Waals surface area contributed by atoms with Crippen LogP contribution in [0.4, 0.5) is 0 Å². The molecule has 3 saturated carbocycles. The lowest BCUT2D eigenvalue weighted by molar-refractivity contribution is 0.114. The maximum atomic E-state index is 2.47. The molecular formula is C29H46Si. The van der Waals surface area contributed by atoms with Gasteiger partial charge in [0.05, 0.1) is 9.52 Å². The Morgan fingerprint density at radius 3 is 1.63 bits per heavy atom. The van der Waals surface area contributed by atoms with E-state index in [0.717, 1.165) is 35.5 Å². The molecule has 0 radical (unpaired) electrons. The summed E-state index contributed by atoms with van der Waals surface area (Å²) in [6.45, 7) is 4.52. The van der Waals surface area contributed by atoms with Crippen LogP contribution in [-0.2, 0) is 0 Å². The van der Waals surface area contributed by atoms with Crippen molar-refractivity contribution < 1.29 is 0 Å². The Bertz CT molecular complexity index is 635. The summed E-state index contributed by atoms with van der Waals surface area (Å²) < 4.78 is 0. The third kappa shape index (κ3) is 5.70. The van der Waals surface area contributed by atoms with Crippen LogP contribution >= 0.6 is 0 Å². The average molecular weight is 423 g/mol. The molecule has 0 bridgehead atoms. The van der Waals surface area contributed by atoms with Gasteiger partial charge in [-0.25, -0.2) is 0 Å². The zero-order valence-electron chi connectivity index (χ0n) is 19.8. The van der Waals surface area contributed by atoms with Crippen molar-refractivity contribution in [1.29, 1.82) is 0 Å². The van der Waals surface area contributed by atoms with E-state index in [2.05, 4.69) is 50.3 Å². The molecule has 0 N–H and O–H groups in total. The minimum atomic E-state index is 0.0122. The van der Waals surface area contributed by atoms with Gasteiger partial charge in [-0.3, -0.25) is 0 Å². The average Bonchev–Trinajstić information content (AvgIpc) is 2.81. The molecule has 1 aromatic rings. The molecule has 30 heavy (non-hydrogen) atoms. The fourth-order valence-corrected chi connectivity index (χ4v) is 8.48. The highest BCUT2D eigenvalue weighted by Gasteiger charge is 2.34. The Hall–Kier alpha value is -0.823. The van der Waals surface area contributed by atoms with E-state index in [1.54, 1.807) is 36.4 Å². The van der Waals surface area contributed by atoms with E-state index in [4.69, 9.17) is 0 Å². The molecular weight excluding hydrogens is 376 g/mol. The van der Waals surface area contributed by atoms with Gasteiger partial charge in [0.25, 0.3) is 0 Å². The van der Waals surface area contributed by atoms with Gasteiger partial charge in [-0.05, 0) is 125 Å². The highest BCUT2D eigenvalue weighted by atomic mass is 28.2. The molecule has 3 fully saturated rings. The molecule has 0 heterocycles. The smallest absolute Gasteiger partial charge is 0.0544 e. The van der Waals surface area contributed by atoms with Crippen LogP contribution in [0.2, 0.25) is 6.04 Å². The number of hydrogen-bond acceptors (Lipinski definition) is 0. The topological polar surface area (TPSA) is 0 Å². The summed E-state index contributed by atoms with van der Waals surface area (Å²) in [6.07, 6.45) is 22.8. The summed E-state index contributed by atoms with van der Waals surface area (Å²) in [5.74, 6) is 5.96. The fourth-order valence-electron chi connectivity index (χ4n) is 7.34. The van der Waals surface area contributed by atoms with Crippen LogP contribution in [0.3, 0.4) is 0 Å². The highest BCUT2D eigenvalue weighted by molar-refractivity contribution is 6.53. The third-order valence-electron chi connectivity index (χ3n) is 9.19. The zero-order chi connectivity index (χ0) is 20.8. The Morgan fingerprint density at radius 1 is 0.700 bits per heavy atom. The standard InChI is InChI=1S/C29H46Si/c1-3-5-22-6-8-23(9-7-22)24-10-12-25(13-11-24)26-14-16-27(17-15-26)28-18-20-29(21-19-28)30-4-2/h3,5,18-27H,4,6-17,30H2,1-2H3/b5-3+. The van der Waals surface area contributed by atoms with Crippen molar-refractivity contribution in [2.24, 2.45) is 29.6 Å². The van der Waals surface area contributed by atoms with E-state index in [1.807, 2.05) is 0 Å². The summed E-state index contributed by atoms with van der Waals surface area (Å²) in [6, 6.07) is 11.2. The first-order valence-corrected chi connectivity index (χ1v) is 15.2.